The SMILES string of the molecule is O=C(O)CSSCC(=O)NCCNC12CC3CC(CC(C3)C1)C2. The molecule has 0 radical (unpaired) electrons. The van der Waals surface area contributed by atoms with Crippen molar-refractivity contribution in [2.24, 2.45) is 17.8 Å². The molecule has 1 amide bonds. The van der Waals surface area contributed by atoms with E-state index in [0.717, 1.165) is 24.3 Å². The third-order valence-corrected chi connectivity index (χ3v) is 7.56. The fourth-order valence-electron chi connectivity index (χ4n) is 5.10. The molecule has 4 fully saturated rings. The summed E-state index contributed by atoms with van der Waals surface area (Å²) in [5.41, 5.74) is 0.353. The molecule has 4 rings (SSSR count). The number of carboxylic acid groups (broad SMARTS) is 1. The van der Waals surface area contributed by atoms with Crippen molar-refractivity contribution >= 4 is 33.5 Å². The maximum absolute atomic E-state index is 11.7. The molecule has 0 aromatic heterocycles. The molecule has 0 atom stereocenters. The highest BCUT2D eigenvalue weighted by Crippen LogP contribution is 2.55. The molecule has 4 bridgehead atoms. The van der Waals surface area contributed by atoms with Crippen LogP contribution in [0.2, 0.25) is 0 Å². The van der Waals surface area contributed by atoms with Gasteiger partial charge in [0.1, 0.15) is 5.75 Å². The minimum absolute atomic E-state index is 0.0137. The van der Waals surface area contributed by atoms with Crippen LogP contribution >= 0.6 is 21.6 Å². The lowest BCUT2D eigenvalue weighted by molar-refractivity contribution is -0.133. The lowest BCUT2D eigenvalue weighted by atomic mass is 9.53. The molecular weight excluding hydrogens is 332 g/mol. The molecule has 0 unspecified atom stereocenters. The zero-order valence-corrected chi connectivity index (χ0v) is 15.0. The largest absolute Gasteiger partial charge is 0.481 e. The zero-order valence-electron chi connectivity index (χ0n) is 13.4. The molecule has 23 heavy (non-hydrogen) atoms. The number of aliphatic carboxylic acids is 1. The fourth-order valence-corrected chi connectivity index (χ4v) is 6.70. The molecule has 4 aliphatic carbocycles. The molecule has 0 saturated heterocycles. The summed E-state index contributed by atoms with van der Waals surface area (Å²) in [6.07, 6.45) is 8.33. The first kappa shape index (κ1) is 17.4. The molecule has 0 aliphatic heterocycles. The molecule has 130 valence electrons. The van der Waals surface area contributed by atoms with Crippen LogP contribution in [0.4, 0.5) is 0 Å². The zero-order chi connectivity index (χ0) is 16.3. The summed E-state index contributed by atoms with van der Waals surface area (Å²) in [4.78, 5) is 22.1. The van der Waals surface area contributed by atoms with Crippen molar-refractivity contribution in [1.82, 2.24) is 10.6 Å². The second-order valence-electron chi connectivity index (χ2n) is 7.39. The van der Waals surface area contributed by atoms with Crippen LogP contribution in [0, 0.1) is 17.8 Å². The van der Waals surface area contributed by atoms with Crippen LogP contribution in [-0.2, 0) is 9.59 Å². The Labute approximate surface area is 145 Å². The molecule has 0 aromatic carbocycles. The van der Waals surface area contributed by atoms with Gasteiger partial charge in [-0.05, 0) is 56.3 Å². The Balaban J connectivity index is 1.30. The van der Waals surface area contributed by atoms with E-state index >= 15 is 0 Å². The van der Waals surface area contributed by atoms with E-state index < -0.39 is 5.97 Å². The summed E-state index contributed by atoms with van der Waals surface area (Å²) in [6.45, 7) is 1.50. The second kappa shape index (κ2) is 7.66. The standard InChI is InChI=1S/C16H26N2O3S2/c19-14(9-22-23-10-15(20)21)17-1-2-18-16-6-11-3-12(7-16)5-13(4-11)8-16/h11-13,18H,1-10H2,(H,17,19)(H,20,21). The van der Waals surface area contributed by atoms with Crippen molar-refractivity contribution in [3.63, 3.8) is 0 Å². The average Bonchev–Trinajstić information content (AvgIpc) is 2.46. The first-order chi connectivity index (χ1) is 11.0. The average molecular weight is 359 g/mol. The summed E-state index contributed by atoms with van der Waals surface area (Å²) in [5.74, 6) is 2.30. The second-order valence-corrected chi connectivity index (χ2v) is 9.86. The molecule has 3 N–H and O–H groups in total. The molecule has 0 heterocycles. The summed E-state index contributed by atoms with van der Waals surface area (Å²) in [6, 6.07) is 0. The molecule has 0 aromatic rings. The van der Waals surface area contributed by atoms with E-state index in [2.05, 4.69) is 10.6 Å². The summed E-state index contributed by atoms with van der Waals surface area (Å²) in [5, 5.41) is 15.2. The highest BCUT2D eigenvalue weighted by atomic mass is 33.1. The molecule has 4 saturated carbocycles. The number of carboxylic acids is 1. The van der Waals surface area contributed by atoms with Gasteiger partial charge in [0.15, 0.2) is 0 Å². The number of hydrogen-bond acceptors (Lipinski definition) is 5. The van der Waals surface area contributed by atoms with E-state index in [-0.39, 0.29) is 11.7 Å². The maximum Gasteiger partial charge on any atom is 0.314 e. The van der Waals surface area contributed by atoms with Crippen LogP contribution in [-0.4, -0.2) is 47.1 Å². The topological polar surface area (TPSA) is 78.4 Å². The van der Waals surface area contributed by atoms with Gasteiger partial charge in [0.25, 0.3) is 0 Å². The van der Waals surface area contributed by atoms with Crippen molar-refractivity contribution in [2.75, 3.05) is 24.6 Å². The van der Waals surface area contributed by atoms with Gasteiger partial charge in [-0.2, -0.15) is 0 Å². The molecule has 5 nitrogen and oxygen atoms in total. The Kier molecular flexibility index (Phi) is 5.80. The highest BCUT2D eigenvalue weighted by Gasteiger charge is 2.50. The van der Waals surface area contributed by atoms with E-state index in [1.54, 1.807) is 0 Å². The smallest absolute Gasteiger partial charge is 0.314 e. The predicted molar refractivity (Wildman–Crippen MR) is 94.5 cm³/mol. The van der Waals surface area contributed by atoms with Gasteiger partial charge in [-0.25, -0.2) is 0 Å². The molecule has 0 spiro atoms. The minimum Gasteiger partial charge on any atom is -0.481 e. The lowest BCUT2D eigenvalue weighted by Gasteiger charge is -2.57. The number of amides is 1. The van der Waals surface area contributed by atoms with Gasteiger partial charge in [0, 0.05) is 18.6 Å². The van der Waals surface area contributed by atoms with Gasteiger partial charge in [-0.1, -0.05) is 21.6 Å². The van der Waals surface area contributed by atoms with E-state index in [0.29, 0.717) is 17.8 Å². The van der Waals surface area contributed by atoms with E-state index in [1.165, 1.54) is 60.1 Å². The van der Waals surface area contributed by atoms with Crippen LogP contribution in [0.5, 0.6) is 0 Å². The van der Waals surface area contributed by atoms with Gasteiger partial charge in [0.2, 0.25) is 5.91 Å². The lowest BCUT2D eigenvalue weighted by Crippen LogP contribution is -2.59. The number of carbonyl (C=O) groups excluding carboxylic acids is 1. The van der Waals surface area contributed by atoms with E-state index in [9.17, 15) is 9.59 Å². The first-order valence-electron chi connectivity index (χ1n) is 8.52. The van der Waals surface area contributed by atoms with Crippen LogP contribution < -0.4 is 10.6 Å². The first-order valence-corrected chi connectivity index (χ1v) is 11.0. The van der Waals surface area contributed by atoms with E-state index in [4.69, 9.17) is 5.11 Å². The van der Waals surface area contributed by atoms with E-state index in [1.807, 2.05) is 0 Å². The number of carbonyl (C=O) groups is 2. The Morgan fingerprint density at radius 2 is 1.52 bits per heavy atom. The van der Waals surface area contributed by atoms with Gasteiger partial charge < -0.3 is 15.7 Å². The number of hydrogen-bond donors (Lipinski definition) is 3. The van der Waals surface area contributed by atoms with Crippen molar-refractivity contribution in [3.05, 3.63) is 0 Å². The Bertz CT molecular complexity index is 423. The van der Waals surface area contributed by atoms with Crippen molar-refractivity contribution in [2.45, 2.75) is 44.1 Å². The summed E-state index contributed by atoms with van der Waals surface area (Å²) in [7, 11) is 2.51. The Morgan fingerprint density at radius 1 is 0.957 bits per heavy atom. The number of rotatable bonds is 9. The van der Waals surface area contributed by atoms with Crippen LogP contribution in [0.1, 0.15) is 38.5 Å². The van der Waals surface area contributed by atoms with Crippen molar-refractivity contribution in [1.29, 1.82) is 0 Å². The number of nitrogens with one attached hydrogen (secondary N) is 2. The van der Waals surface area contributed by atoms with Crippen LogP contribution in [0.15, 0.2) is 0 Å². The Hall–Kier alpha value is -0.400. The van der Waals surface area contributed by atoms with Gasteiger partial charge in [-0.15, -0.1) is 0 Å². The normalized spacial score (nSPS) is 34.5. The third-order valence-electron chi connectivity index (χ3n) is 5.44. The summed E-state index contributed by atoms with van der Waals surface area (Å²) >= 11 is 0. The molecular formula is C16H26N2O3S2. The minimum atomic E-state index is -0.845. The van der Waals surface area contributed by atoms with Crippen molar-refractivity contribution < 1.29 is 14.7 Å². The quantitative estimate of drug-likeness (QED) is 0.433. The summed E-state index contributed by atoms with van der Waals surface area (Å²) < 4.78 is 0. The maximum atomic E-state index is 11.7. The van der Waals surface area contributed by atoms with Gasteiger partial charge >= 0.3 is 5.97 Å². The highest BCUT2D eigenvalue weighted by molar-refractivity contribution is 8.77. The Morgan fingerprint density at radius 3 is 2.09 bits per heavy atom. The van der Waals surface area contributed by atoms with Crippen molar-refractivity contribution in [3.8, 4) is 0 Å². The van der Waals surface area contributed by atoms with Gasteiger partial charge in [-0.3, -0.25) is 9.59 Å². The fraction of sp³-hybridized carbons (Fsp3) is 0.875. The molecule has 7 heteroatoms. The molecule has 4 aliphatic rings. The monoisotopic (exact) mass is 358 g/mol. The van der Waals surface area contributed by atoms with Crippen LogP contribution in [0.3, 0.4) is 0 Å². The predicted octanol–water partition coefficient (Wildman–Crippen LogP) is 2.13. The van der Waals surface area contributed by atoms with Crippen LogP contribution in [0.25, 0.3) is 0 Å². The van der Waals surface area contributed by atoms with Gasteiger partial charge in [0.05, 0.1) is 5.75 Å². The third kappa shape index (κ3) is 4.79.